The molecule has 0 unspecified atom stereocenters. The number of hydrogen-bond acceptors (Lipinski definition) is 4. The van der Waals surface area contributed by atoms with Crippen molar-refractivity contribution in [2.75, 3.05) is 7.11 Å². The molecule has 0 saturated heterocycles. The van der Waals surface area contributed by atoms with Crippen molar-refractivity contribution >= 4 is 17.1 Å². The molecule has 0 bridgehead atoms. The van der Waals surface area contributed by atoms with Crippen molar-refractivity contribution in [1.82, 2.24) is 4.98 Å². The smallest absolute Gasteiger partial charge is 0.186 e. The third-order valence-electron chi connectivity index (χ3n) is 2.50. The zero-order valence-corrected chi connectivity index (χ0v) is 10.6. The van der Waals surface area contributed by atoms with Crippen LogP contribution >= 0.6 is 11.3 Å². The van der Waals surface area contributed by atoms with Crippen LogP contribution in [0.1, 0.15) is 21.6 Å². The van der Waals surface area contributed by atoms with E-state index < -0.39 is 0 Å². The van der Waals surface area contributed by atoms with Gasteiger partial charge in [-0.15, -0.1) is 11.3 Å². The minimum atomic E-state index is 0.0233. The van der Waals surface area contributed by atoms with Gasteiger partial charge in [0.15, 0.2) is 5.78 Å². The molecule has 0 N–H and O–H groups in total. The van der Waals surface area contributed by atoms with Gasteiger partial charge < -0.3 is 4.74 Å². The molecule has 0 aliphatic carbocycles. The molecular formula is C13H13NO2S. The molecule has 0 atom stereocenters. The van der Waals surface area contributed by atoms with Crippen molar-refractivity contribution in [3.8, 4) is 5.75 Å². The van der Waals surface area contributed by atoms with E-state index in [0.29, 0.717) is 12.1 Å². The van der Waals surface area contributed by atoms with Gasteiger partial charge in [-0.25, -0.2) is 4.98 Å². The highest BCUT2D eigenvalue weighted by atomic mass is 32.1. The number of carbonyl (C=O) groups is 1. The molecule has 0 spiro atoms. The largest absolute Gasteiger partial charge is 0.496 e. The van der Waals surface area contributed by atoms with Gasteiger partial charge in [-0.05, 0) is 13.0 Å². The molecule has 1 aromatic heterocycles. The topological polar surface area (TPSA) is 39.2 Å². The molecule has 0 saturated carbocycles. The Bertz CT molecular complexity index is 520. The summed E-state index contributed by atoms with van der Waals surface area (Å²) in [4.78, 5) is 16.0. The fourth-order valence-corrected chi connectivity index (χ4v) is 2.22. The second-order valence-corrected chi connectivity index (χ2v) is 4.51. The lowest BCUT2D eigenvalue weighted by atomic mass is 10.0. The van der Waals surface area contributed by atoms with Crippen molar-refractivity contribution in [3.63, 3.8) is 0 Å². The fourth-order valence-electron chi connectivity index (χ4n) is 1.66. The average molecular weight is 247 g/mol. The molecule has 1 heterocycles. The molecule has 88 valence electrons. The number of ketones is 1. The van der Waals surface area contributed by atoms with Gasteiger partial charge in [0.25, 0.3) is 0 Å². The predicted octanol–water partition coefficient (Wildman–Crippen LogP) is 2.89. The number of benzene rings is 1. The lowest BCUT2D eigenvalue weighted by Gasteiger charge is -2.08. The molecular weight excluding hydrogens is 234 g/mol. The number of carbonyl (C=O) groups excluding carboxylic acids is 1. The Balaban J connectivity index is 2.23. The number of methoxy groups -OCH3 is 1. The summed E-state index contributed by atoms with van der Waals surface area (Å²) in [6.45, 7) is 2.00. The highest BCUT2D eigenvalue weighted by Gasteiger charge is 2.12. The van der Waals surface area contributed by atoms with E-state index in [1.165, 1.54) is 11.3 Å². The lowest BCUT2D eigenvalue weighted by molar-refractivity contribution is 0.0988. The standard InChI is InChI=1S/C13H13NO2S/c1-9-3-4-13(16-2)10(5-9)6-12(15)11-7-17-8-14-11/h3-5,7-8H,6H2,1-2H3. The molecule has 4 heteroatoms. The van der Waals surface area contributed by atoms with E-state index in [1.807, 2.05) is 25.1 Å². The van der Waals surface area contributed by atoms with E-state index in [1.54, 1.807) is 18.0 Å². The first kappa shape index (κ1) is 11.8. The van der Waals surface area contributed by atoms with Crippen molar-refractivity contribution < 1.29 is 9.53 Å². The van der Waals surface area contributed by atoms with Crippen LogP contribution < -0.4 is 4.74 Å². The van der Waals surface area contributed by atoms with Crippen LogP contribution in [0.2, 0.25) is 0 Å². The number of thiazole rings is 1. The van der Waals surface area contributed by atoms with Crippen molar-refractivity contribution in [2.24, 2.45) is 0 Å². The maximum absolute atomic E-state index is 11.9. The van der Waals surface area contributed by atoms with E-state index in [0.717, 1.165) is 16.9 Å². The van der Waals surface area contributed by atoms with Crippen molar-refractivity contribution in [1.29, 1.82) is 0 Å². The SMILES string of the molecule is COc1ccc(C)cc1CC(=O)c1cscn1. The quantitative estimate of drug-likeness (QED) is 0.780. The van der Waals surface area contributed by atoms with Gasteiger partial charge in [0.05, 0.1) is 12.6 Å². The highest BCUT2D eigenvalue weighted by molar-refractivity contribution is 7.07. The van der Waals surface area contributed by atoms with Gasteiger partial charge >= 0.3 is 0 Å². The molecule has 3 nitrogen and oxygen atoms in total. The summed E-state index contributed by atoms with van der Waals surface area (Å²) in [6.07, 6.45) is 0.328. The molecule has 0 aliphatic rings. The van der Waals surface area contributed by atoms with Gasteiger partial charge in [-0.1, -0.05) is 17.7 Å². The van der Waals surface area contributed by atoms with Crippen LogP contribution in [-0.4, -0.2) is 17.9 Å². The number of rotatable bonds is 4. The molecule has 0 amide bonds. The van der Waals surface area contributed by atoms with E-state index in [-0.39, 0.29) is 5.78 Å². The first-order valence-electron chi connectivity index (χ1n) is 5.25. The van der Waals surface area contributed by atoms with Gasteiger partial charge in [0, 0.05) is 17.4 Å². The van der Waals surface area contributed by atoms with Gasteiger partial charge in [0.2, 0.25) is 0 Å². The van der Waals surface area contributed by atoms with Crippen LogP contribution in [0.5, 0.6) is 5.75 Å². The third kappa shape index (κ3) is 2.71. The number of hydrogen-bond donors (Lipinski definition) is 0. The van der Waals surface area contributed by atoms with E-state index in [4.69, 9.17) is 4.74 Å². The number of ether oxygens (including phenoxy) is 1. The number of nitrogens with zero attached hydrogens (tertiary/aromatic N) is 1. The second kappa shape index (κ2) is 5.10. The lowest BCUT2D eigenvalue weighted by Crippen LogP contribution is -2.05. The van der Waals surface area contributed by atoms with Crippen LogP contribution in [0.15, 0.2) is 29.1 Å². The Morgan fingerprint density at radius 2 is 2.29 bits per heavy atom. The van der Waals surface area contributed by atoms with Crippen LogP contribution in [0.3, 0.4) is 0 Å². The number of Topliss-reactive ketones (excluding diaryl/α,β-unsaturated/α-hetero) is 1. The Labute approximate surface area is 104 Å². The first-order chi connectivity index (χ1) is 8.20. The van der Waals surface area contributed by atoms with Crippen LogP contribution in [0.4, 0.5) is 0 Å². The minimum absolute atomic E-state index is 0.0233. The first-order valence-corrected chi connectivity index (χ1v) is 6.20. The van der Waals surface area contributed by atoms with E-state index >= 15 is 0 Å². The Hall–Kier alpha value is -1.68. The molecule has 0 fully saturated rings. The number of aromatic nitrogens is 1. The normalized spacial score (nSPS) is 10.2. The number of aryl methyl sites for hydroxylation is 1. The maximum Gasteiger partial charge on any atom is 0.186 e. The Morgan fingerprint density at radius 1 is 1.47 bits per heavy atom. The summed E-state index contributed by atoms with van der Waals surface area (Å²) >= 11 is 1.43. The van der Waals surface area contributed by atoms with Crippen LogP contribution in [-0.2, 0) is 6.42 Å². The summed E-state index contributed by atoms with van der Waals surface area (Å²) in [7, 11) is 1.61. The van der Waals surface area contributed by atoms with E-state index in [2.05, 4.69) is 4.98 Å². The summed E-state index contributed by atoms with van der Waals surface area (Å²) < 4.78 is 5.25. The second-order valence-electron chi connectivity index (χ2n) is 3.79. The molecule has 2 aromatic rings. The summed E-state index contributed by atoms with van der Waals surface area (Å²) in [5, 5.41) is 1.77. The Morgan fingerprint density at radius 3 is 2.94 bits per heavy atom. The summed E-state index contributed by atoms with van der Waals surface area (Å²) in [5.74, 6) is 0.773. The van der Waals surface area contributed by atoms with Gasteiger partial charge in [0.1, 0.15) is 11.4 Å². The van der Waals surface area contributed by atoms with Gasteiger partial charge in [-0.3, -0.25) is 4.79 Å². The zero-order valence-electron chi connectivity index (χ0n) is 9.77. The molecule has 0 radical (unpaired) electrons. The predicted molar refractivity (Wildman–Crippen MR) is 67.9 cm³/mol. The van der Waals surface area contributed by atoms with Crippen LogP contribution in [0.25, 0.3) is 0 Å². The maximum atomic E-state index is 11.9. The zero-order chi connectivity index (χ0) is 12.3. The molecule has 0 aliphatic heterocycles. The van der Waals surface area contributed by atoms with E-state index in [9.17, 15) is 4.79 Å². The van der Waals surface area contributed by atoms with Crippen molar-refractivity contribution in [2.45, 2.75) is 13.3 Å². The third-order valence-corrected chi connectivity index (χ3v) is 3.09. The van der Waals surface area contributed by atoms with Crippen molar-refractivity contribution in [3.05, 3.63) is 45.9 Å². The van der Waals surface area contributed by atoms with Gasteiger partial charge in [-0.2, -0.15) is 0 Å². The molecule has 1 aromatic carbocycles. The summed E-state index contributed by atoms with van der Waals surface area (Å²) in [5.41, 5.74) is 4.22. The van der Waals surface area contributed by atoms with Crippen LogP contribution in [0, 0.1) is 6.92 Å². The molecule has 17 heavy (non-hydrogen) atoms. The Kier molecular flexibility index (Phi) is 3.54. The summed E-state index contributed by atoms with van der Waals surface area (Å²) in [6, 6.07) is 5.83. The monoisotopic (exact) mass is 247 g/mol. The fraction of sp³-hybridized carbons (Fsp3) is 0.231. The molecule has 2 rings (SSSR count). The average Bonchev–Trinajstić information content (AvgIpc) is 2.83. The minimum Gasteiger partial charge on any atom is -0.496 e. The highest BCUT2D eigenvalue weighted by Crippen LogP contribution is 2.21.